The van der Waals surface area contributed by atoms with E-state index in [2.05, 4.69) is 5.32 Å². The Kier molecular flexibility index (Phi) is 2.20. The molecule has 2 rings (SSSR count). The molecule has 0 radical (unpaired) electrons. The predicted octanol–water partition coefficient (Wildman–Crippen LogP) is 0.440. The van der Waals surface area contributed by atoms with Gasteiger partial charge in [0.15, 0.2) is 0 Å². The second-order valence-electron chi connectivity index (χ2n) is 3.42. The molecule has 1 aliphatic rings. The lowest BCUT2D eigenvalue weighted by atomic mass is 9.96. The van der Waals surface area contributed by atoms with Crippen molar-refractivity contribution in [2.24, 2.45) is 0 Å². The maximum absolute atomic E-state index is 9.59. The second kappa shape index (κ2) is 3.36. The van der Waals surface area contributed by atoms with Gasteiger partial charge < -0.3 is 15.5 Å². The zero-order valence-corrected chi connectivity index (χ0v) is 7.27. The fourth-order valence-corrected chi connectivity index (χ4v) is 1.73. The lowest BCUT2D eigenvalue weighted by molar-refractivity contribution is 0.177. The topological polar surface area (TPSA) is 52.5 Å². The highest BCUT2D eigenvalue weighted by atomic mass is 16.3. The summed E-state index contributed by atoms with van der Waals surface area (Å²) in [6.07, 6.45) is -0.301. The maximum atomic E-state index is 9.59. The Hall–Kier alpha value is -1.06. The molecule has 3 N–H and O–H groups in total. The molecule has 0 saturated carbocycles. The van der Waals surface area contributed by atoms with Crippen LogP contribution in [0.25, 0.3) is 0 Å². The zero-order valence-electron chi connectivity index (χ0n) is 7.27. The highest BCUT2D eigenvalue weighted by molar-refractivity contribution is 5.29. The van der Waals surface area contributed by atoms with Gasteiger partial charge in [0, 0.05) is 19.0 Å². The number of rotatable bonds is 1. The fourth-order valence-electron chi connectivity index (χ4n) is 1.73. The van der Waals surface area contributed by atoms with Crippen molar-refractivity contribution in [3.8, 4) is 5.75 Å². The molecule has 1 saturated heterocycles. The van der Waals surface area contributed by atoms with Crippen molar-refractivity contribution in [1.82, 2.24) is 5.32 Å². The van der Waals surface area contributed by atoms with Crippen molar-refractivity contribution in [2.45, 2.75) is 12.0 Å². The highest BCUT2D eigenvalue weighted by Gasteiger charge is 2.25. The van der Waals surface area contributed by atoms with E-state index in [9.17, 15) is 5.11 Å². The molecule has 0 aromatic heterocycles. The predicted molar refractivity (Wildman–Crippen MR) is 49.7 cm³/mol. The average molecular weight is 179 g/mol. The van der Waals surface area contributed by atoms with Gasteiger partial charge in [0.1, 0.15) is 5.75 Å². The third kappa shape index (κ3) is 1.66. The lowest BCUT2D eigenvalue weighted by Gasteiger charge is -2.13. The van der Waals surface area contributed by atoms with E-state index >= 15 is 0 Å². The van der Waals surface area contributed by atoms with E-state index in [1.807, 2.05) is 12.1 Å². The molecule has 3 heteroatoms. The van der Waals surface area contributed by atoms with Gasteiger partial charge in [-0.2, -0.15) is 0 Å². The van der Waals surface area contributed by atoms with E-state index in [4.69, 9.17) is 5.11 Å². The van der Waals surface area contributed by atoms with Crippen LogP contribution >= 0.6 is 0 Å². The average Bonchev–Trinajstić information content (AvgIpc) is 2.53. The molecule has 1 aliphatic heterocycles. The molecule has 70 valence electrons. The third-order valence-corrected chi connectivity index (χ3v) is 2.50. The first kappa shape index (κ1) is 8.53. The van der Waals surface area contributed by atoms with Gasteiger partial charge in [0.05, 0.1) is 6.10 Å². The van der Waals surface area contributed by atoms with Crippen LogP contribution in [0.3, 0.4) is 0 Å². The standard InChI is InChI=1S/C10H13NO2/c12-8-3-1-7(2-4-8)9-5-11-6-10(9)13/h1-4,9-13H,5-6H2. The summed E-state index contributed by atoms with van der Waals surface area (Å²) in [7, 11) is 0. The van der Waals surface area contributed by atoms with Gasteiger partial charge in [-0.15, -0.1) is 0 Å². The minimum absolute atomic E-state index is 0.167. The first-order chi connectivity index (χ1) is 6.27. The smallest absolute Gasteiger partial charge is 0.115 e. The van der Waals surface area contributed by atoms with Gasteiger partial charge >= 0.3 is 0 Å². The van der Waals surface area contributed by atoms with Gasteiger partial charge in [-0.3, -0.25) is 0 Å². The summed E-state index contributed by atoms with van der Waals surface area (Å²) in [5, 5.41) is 21.8. The molecular formula is C10H13NO2. The maximum Gasteiger partial charge on any atom is 0.115 e. The first-order valence-corrected chi connectivity index (χ1v) is 4.45. The molecule has 1 aromatic carbocycles. The van der Waals surface area contributed by atoms with Crippen LogP contribution in [0.4, 0.5) is 0 Å². The molecule has 13 heavy (non-hydrogen) atoms. The molecule has 1 heterocycles. The van der Waals surface area contributed by atoms with Gasteiger partial charge in [-0.05, 0) is 17.7 Å². The summed E-state index contributed by atoms with van der Waals surface area (Å²) < 4.78 is 0. The Bertz CT molecular complexity index is 283. The number of aromatic hydroxyl groups is 1. The van der Waals surface area contributed by atoms with E-state index < -0.39 is 0 Å². The van der Waals surface area contributed by atoms with Crippen molar-refractivity contribution in [3.63, 3.8) is 0 Å². The van der Waals surface area contributed by atoms with Crippen LogP contribution in [0.1, 0.15) is 11.5 Å². The molecule has 1 fully saturated rings. The molecule has 0 bridgehead atoms. The quantitative estimate of drug-likeness (QED) is 0.586. The monoisotopic (exact) mass is 179 g/mol. The Labute approximate surface area is 77.0 Å². The minimum Gasteiger partial charge on any atom is -0.508 e. The number of hydrogen-bond acceptors (Lipinski definition) is 3. The van der Waals surface area contributed by atoms with Crippen LogP contribution < -0.4 is 5.32 Å². The van der Waals surface area contributed by atoms with Crippen molar-refractivity contribution in [2.75, 3.05) is 13.1 Å². The van der Waals surface area contributed by atoms with E-state index in [0.29, 0.717) is 6.54 Å². The molecule has 1 aromatic rings. The van der Waals surface area contributed by atoms with Crippen molar-refractivity contribution < 1.29 is 10.2 Å². The molecule has 0 amide bonds. The van der Waals surface area contributed by atoms with Crippen LogP contribution in [-0.2, 0) is 0 Å². The zero-order chi connectivity index (χ0) is 9.26. The molecule has 2 unspecified atom stereocenters. The van der Waals surface area contributed by atoms with Crippen molar-refractivity contribution in [1.29, 1.82) is 0 Å². The number of phenols is 1. The summed E-state index contributed by atoms with van der Waals surface area (Å²) in [5.74, 6) is 0.435. The SMILES string of the molecule is Oc1ccc(C2CNCC2O)cc1. The number of hydrogen-bond donors (Lipinski definition) is 3. The van der Waals surface area contributed by atoms with Gasteiger partial charge in [-0.1, -0.05) is 12.1 Å². The van der Waals surface area contributed by atoms with Crippen molar-refractivity contribution in [3.05, 3.63) is 29.8 Å². The van der Waals surface area contributed by atoms with E-state index in [0.717, 1.165) is 12.1 Å². The number of aliphatic hydroxyl groups excluding tert-OH is 1. The van der Waals surface area contributed by atoms with Gasteiger partial charge in [0.2, 0.25) is 0 Å². The number of β-amino-alcohol motifs (C(OH)–C–C–N with tert-alkyl or cyclic N) is 1. The van der Waals surface area contributed by atoms with Crippen LogP contribution in [0.5, 0.6) is 5.75 Å². The Morgan fingerprint density at radius 3 is 2.38 bits per heavy atom. The number of benzene rings is 1. The van der Waals surface area contributed by atoms with Crippen LogP contribution in [-0.4, -0.2) is 29.4 Å². The summed E-state index contributed by atoms with van der Waals surface area (Å²) in [4.78, 5) is 0. The van der Waals surface area contributed by atoms with Crippen LogP contribution in [0, 0.1) is 0 Å². The largest absolute Gasteiger partial charge is 0.508 e. The normalized spacial score (nSPS) is 27.8. The Morgan fingerprint density at radius 1 is 1.15 bits per heavy atom. The molecule has 0 spiro atoms. The Morgan fingerprint density at radius 2 is 1.85 bits per heavy atom. The third-order valence-electron chi connectivity index (χ3n) is 2.50. The number of phenolic OH excluding ortho intramolecular Hbond substituents is 1. The molecule has 3 nitrogen and oxygen atoms in total. The van der Waals surface area contributed by atoms with E-state index in [1.54, 1.807) is 12.1 Å². The summed E-state index contributed by atoms with van der Waals surface area (Å²) in [5.41, 5.74) is 1.08. The molecule has 2 atom stereocenters. The van der Waals surface area contributed by atoms with Crippen molar-refractivity contribution >= 4 is 0 Å². The second-order valence-corrected chi connectivity index (χ2v) is 3.42. The summed E-state index contributed by atoms with van der Waals surface area (Å²) >= 11 is 0. The summed E-state index contributed by atoms with van der Waals surface area (Å²) in [6, 6.07) is 7.02. The van der Waals surface area contributed by atoms with E-state index in [-0.39, 0.29) is 17.8 Å². The van der Waals surface area contributed by atoms with Crippen LogP contribution in [0.2, 0.25) is 0 Å². The van der Waals surface area contributed by atoms with Crippen LogP contribution in [0.15, 0.2) is 24.3 Å². The Balaban J connectivity index is 2.20. The number of aliphatic hydroxyl groups is 1. The highest BCUT2D eigenvalue weighted by Crippen LogP contribution is 2.24. The molecule has 0 aliphatic carbocycles. The summed E-state index contributed by atoms with van der Waals surface area (Å²) in [6.45, 7) is 1.47. The molecular weight excluding hydrogens is 166 g/mol. The first-order valence-electron chi connectivity index (χ1n) is 4.45. The van der Waals surface area contributed by atoms with Gasteiger partial charge in [0.25, 0.3) is 0 Å². The fraction of sp³-hybridized carbons (Fsp3) is 0.400. The lowest BCUT2D eigenvalue weighted by Crippen LogP contribution is -2.15. The number of nitrogens with one attached hydrogen (secondary N) is 1. The van der Waals surface area contributed by atoms with E-state index in [1.165, 1.54) is 0 Å². The minimum atomic E-state index is -0.301. The van der Waals surface area contributed by atoms with Gasteiger partial charge in [-0.25, -0.2) is 0 Å².